The normalized spacial score (nSPS) is 15.1. The van der Waals surface area contributed by atoms with E-state index in [9.17, 15) is 9.59 Å². The second-order valence-electron chi connectivity index (χ2n) is 4.79. The lowest BCUT2D eigenvalue weighted by Gasteiger charge is -2.31. The van der Waals surface area contributed by atoms with E-state index < -0.39 is 0 Å². The number of ketones is 1. The minimum atomic E-state index is -0.0457. The first-order chi connectivity index (χ1) is 8.02. The van der Waals surface area contributed by atoms with E-state index in [2.05, 4.69) is 0 Å². The molecule has 0 aromatic heterocycles. The summed E-state index contributed by atoms with van der Waals surface area (Å²) in [5.74, 6) is 0.181. The Balaban J connectivity index is 2.52. The zero-order chi connectivity index (χ0) is 12.6. The molecular formula is C14H17NO2. The van der Waals surface area contributed by atoms with Gasteiger partial charge in [0.25, 0.3) is 0 Å². The summed E-state index contributed by atoms with van der Waals surface area (Å²) >= 11 is 0. The summed E-state index contributed by atoms with van der Waals surface area (Å²) in [5.41, 5.74) is 2.48. The summed E-state index contributed by atoms with van der Waals surface area (Å²) in [4.78, 5) is 25.7. The molecule has 0 spiro atoms. The third-order valence-corrected chi connectivity index (χ3v) is 3.13. The van der Waals surface area contributed by atoms with E-state index in [0.717, 1.165) is 11.3 Å². The summed E-state index contributed by atoms with van der Waals surface area (Å²) in [6.07, 6.45) is 0.426. The molecule has 2 rings (SSSR count). The van der Waals surface area contributed by atoms with Crippen LogP contribution < -0.4 is 4.90 Å². The van der Waals surface area contributed by atoms with Crippen LogP contribution in [-0.4, -0.2) is 18.2 Å². The number of carbonyl (C=O) groups excluding carboxylic acids is 2. The number of Topliss-reactive ketones (excluding diaryl/α,β-unsaturated/α-hetero) is 1. The number of hydrogen-bond donors (Lipinski definition) is 0. The maximum Gasteiger partial charge on any atom is 0.229 e. The molecule has 1 aromatic rings. The molecule has 0 radical (unpaired) electrons. The first kappa shape index (κ1) is 11.8. The van der Waals surface area contributed by atoms with Crippen molar-refractivity contribution >= 4 is 17.4 Å². The fourth-order valence-corrected chi connectivity index (χ4v) is 2.23. The van der Waals surface area contributed by atoms with E-state index in [1.165, 1.54) is 0 Å². The summed E-state index contributed by atoms with van der Waals surface area (Å²) in [7, 11) is 0. The number of aryl methyl sites for hydroxylation is 1. The van der Waals surface area contributed by atoms with Gasteiger partial charge in [-0.15, -0.1) is 0 Å². The zero-order valence-electron chi connectivity index (χ0n) is 10.5. The van der Waals surface area contributed by atoms with Crippen molar-refractivity contribution in [3.8, 4) is 0 Å². The van der Waals surface area contributed by atoms with Crippen LogP contribution >= 0.6 is 0 Å². The molecule has 1 aliphatic rings. The summed E-state index contributed by atoms with van der Waals surface area (Å²) in [5, 5.41) is 0. The Hall–Kier alpha value is -1.64. The van der Waals surface area contributed by atoms with Crippen molar-refractivity contribution in [2.75, 3.05) is 11.4 Å². The summed E-state index contributed by atoms with van der Waals surface area (Å²) < 4.78 is 0. The van der Waals surface area contributed by atoms with Gasteiger partial charge in [0.2, 0.25) is 5.91 Å². The lowest BCUT2D eigenvalue weighted by atomic mass is 9.96. The Kier molecular flexibility index (Phi) is 3.01. The van der Waals surface area contributed by atoms with E-state index >= 15 is 0 Å². The molecule has 0 fully saturated rings. The van der Waals surface area contributed by atoms with Crippen LogP contribution in [0.3, 0.4) is 0 Å². The quantitative estimate of drug-likeness (QED) is 0.745. The van der Waals surface area contributed by atoms with Gasteiger partial charge < -0.3 is 4.90 Å². The average Bonchev–Trinajstić information content (AvgIpc) is 2.30. The molecule has 0 aliphatic carbocycles. The number of nitrogens with zero attached hydrogens (tertiary/aromatic N) is 1. The lowest BCUT2D eigenvalue weighted by Crippen LogP contribution is -2.40. The molecule has 0 N–H and O–H groups in total. The molecule has 0 atom stereocenters. The molecule has 1 heterocycles. The van der Waals surface area contributed by atoms with Gasteiger partial charge in [-0.05, 0) is 18.6 Å². The lowest BCUT2D eigenvalue weighted by molar-refractivity contribution is -0.121. The monoisotopic (exact) mass is 231 g/mol. The van der Waals surface area contributed by atoms with Gasteiger partial charge in [-0.25, -0.2) is 0 Å². The molecule has 17 heavy (non-hydrogen) atoms. The van der Waals surface area contributed by atoms with E-state index in [1.807, 2.05) is 39.0 Å². The van der Waals surface area contributed by atoms with Gasteiger partial charge >= 0.3 is 0 Å². The molecule has 0 unspecified atom stereocenters. The number of carbonyl (C=O) groups is 2. The average molecular weight is 231 g/mol. The highest BCUT2D eigenvalue weighted by atomic mass is 16.2. The van der Waals surface area contributed by atoms with Gasteiger partial charge in [0.05, 0.1) is 5.69 Å². The Labute approximate surface area is 101 Å². The van der Waals surface area contributed by atoms with Crippen molar-refractivity contribution in [3.63, 3.8) is 0 Å². The van der Waals surface area contributed by atoms with Crippen LogP contribution in [-0.2, 0) is 4.79 Å². The van der Waals surface area contributed by atoms with Crippen LogP contribution in [0.5, 0.6) is 0 Å². The second kappa shape index (κ2) is 4.32. The number of fused-ring (bicyclic) bond motifs is 1. The van der Waals surface area contributed by atoms with Gasteiger partial charge in [-0.2, -0.15) is 0 Å². The predicted molar refractivity (Wildman–Crippen MR) is 67.3 cm³/mol. The highest BCUT2D eigenvalue weighted by molar-refractivity contribution is 6.09. The third-order valence-electron chi connectivity index (χ3n) is 3.13. The van der Waals surface area contributed by atoms with Crippen LogP contribution in [0.1, 0.15) is 36.2 Å². The van der Waals surface area contributed by atoms with Gasteiger partial charge in [0, 0.05) is 24.4 Å². The summed E-state index contributed by atoms with van der Waals surface area (Å²) in [6.45, 7) is 6.22. The maximum absolute atomic E-state index is 12.1. The minimum Gasteiger partial charge on any atom is -0.311 e. The van der Waals surface area contributed by atoms with Crippen LogP contribution in [0.15, 0.2) is 18.2 Å². The van der Waals surface area contributed by atoms with Crippen LogP contribution in [0.2, 0.25) is 0 Å². The first-order valence-electron chi connectivity index (χ1n) is 5.96. The molecular weight excluding hydrogens is 214 g/mol. The van der Waals surface area contributed by atoms with Gasteiger partial charge in [-0.3, -0.25) is 9.59 Å². The standard InChI is InChI=1S/C14H17NO2/c1-9(2)14(17)15-8-7-12(16)11-6-4-5-10(3)13(11)15/h4-6,9H,7-8H2,1-3H3. The van der Waals surface area contributed by atoms with Crippen LogP contribution in [0.4, 0.5) is 5.69 Å². The number of hydrogen-bond acceptors (Lipinski definition) is 2. The largest absolute Gasteiger partial charge is 0.311 e. The molecule has 1 amide bonds. The molecule has 90 valence electrons. The molecule has 0 saturated carbocycles. The zero-order valence-corrected chi connectivity index (χ0v) is 10.5. The fraction of sp³-hybridized carbons (Fsp3) is 0.429. The van der Waals surface area contributed by atoms with E-state index in [4.69, 9.17) is 0 Å². The molecule has 3 heteroatoms. The van der Waals surface area contributed by atoms with E-state index in [-0.39, 0.29) is 17.6 Å². The Bertz CT molecular complexity index is 477. The molecule has 1 aromatic carbocycles. The topological polar surface area (TPSA) is 37.4 Å². The molecule has 0 saturated heterocycles. The highest BCUT2D eigenvalue weighted by Gasteiger charge is 2.29. The molecule has 3 nitrogen and oxygen atoms in total. The fourth-order valence-electron chi connectivity index (χ4n) is 2.23. The van der Waals surface area contributed by atoms with Crippen molar-refractivity contribution in [2.24, 2.45) is 5.92 Å². The van der Waals surface area contributed by atoms with E-state index in [1.54, 1.807) is 4.90 Å². The van der Waals surface area contributed by atoms with Crippen molar-refractivity contribution in [3.05, 3.63) is 29.3 Å². The minimum absolute atomic E-state index is 0.0457. The first-order valence-corrected chi connectivity index (χ1v) is 5.96. The Morgan fingerprint density at radius 1 is 1.35 bits per heavy atom. The SMILES string of the molecule is Cc1cccc2c1N(C(=O)C(C)C)CCC2=O. The molecule has 0 bridgehead atoms. The smallest absolute Gasteiger partial charge is 0.229 e. The van der Waals surface area contributed by atoms with Crippen LogP contribution in [0, 0.1) is 12.8 Å². The highest BCUT2D eigenvalue weighted by Crippen LogP contribution is 2.31. The van der Waals surface area contributed by atoms with Crippen molar-refractivity contribution in [1.82, 2.24) is 0 Å². The predicted octanol–water partition coefficient (Wildman–Crippen LogP) is 2.57. The van der Waals surface area contributed by atoms with Crippen molar-refractivity contribution < 1.29 is 9.59 Å². The van der Waals surface area contributed by atoms with Gasteiger partial charge in [0.15, 0.2) is 5.78 Å². The number of amides is 1. The number of benzene rings is 1. The van der Waals surface area contributed by atoms with E-state index in [0.29, 0.717) is 18.5 Å². The van der Waals surface area contributed by atoms with Crippen molar-refractivity contribution in [1.29, 1.82) is 0 Å². The number of para-hydroxylation sites is 1. The van der Waals surface area contributed by atoms with Gasteiger partial charge in [0.1, 0.15) is 0 Å². The maximum atomic E-state index is 12.1. The summed E-state index contributed by atoms with van der Waals surface area (Å²) in [6, 6.07) is 5.62. The number of anilines is 1. The second-order valence-corrected chi connectivity index (χ2v) is 4.79. The Morgan fingerprint density at radius 3 is 2.71 bits per heavy atom. The van der Waals surface area contributed by atoms with Crippen molar-refractivity contribution in [2.45, 2.75) is 27.2 Å². The van der Waals surface area contributed by atoms with Crippen LogP contribution in [0.25, 0.3) is 0 Å². The van der Waals surface area contributed by atoms with Gasteiger partial charge in [-0.1, -0.05) is 26.0 Å². The molecule has 1 aliphatic heterocycles. The Morgan fingerprint density at radius 2 is 2.06 bits per heavy atom. The number of rotatable bonds is 1. The third kappa shape index (κ3) is 1.97.